The van der Waals surface area contributed by atoms with Crippen molar-refractivity contribution < 1.29 is 19.5 Å². The molecule has 1 aliphatic heterocycles. The molecule has 0 spiro atoms. The van der Waals surface area contributed by atoms with Crippen LogP contribution in [0, 0.1) is 0 Å². The van der Waals surface area contributed by atoms with Crippen molar-refractivity contribution >= 4 is 36.5 Å². The number of likely N-dealkylation sites (N-methyl/N-ethyl adjacent to an activating group) is 1. The van der Waals surface area contributed by atoms with Gasteiger partial charge in [-0.2, -0.15) is 5.10 Å². The number of nitrogens with two attached hydrogens (primary N) is 1. The van der Waals surface area contributed by atoms with Crippen LogP contribution < -0.4 is 5.84 Å². The second-order valence-electron chi connectivity index (χ2n) is 5.10. The minimum Gasteiger partial charge on any atom is -0.480 e. The summed E-state index contributed by atoms with van der Waals surface area (Å²) in [5.41, 5.74) is 0.0809. The van der Waals surface area contributed by atoms with E-state index in [2.05, 4.69) is 5.10 Å². The molecule has 0 saturated carbocycles. The smallest absolute Gasteiger partial charge is 0.328 e. The normalized spacial score (nSPS) is 21.0. The summed E-state index contributed by atoms with van der Waals surface area (Å²) < 4.78 is 0. The molecule has 1 heterocycles. The molecular weight excluding hydrogens is 324 g/mol. The maximum Gasteiger partial charge on any atom is 0.328 e. The number of carboxylic acid groups (broad SMARTS) is 1. The molecule has 1 atom stereocenters. The predicted octanol–water partition coefficient (Wildman–Crippen LogP) is 0.595. The Kier molecular flexibility index (Phi) is 5.34. The van der Waals surface area contributed by atoms with Crippen LogP contribution in [0.4, 0.5) is 4.79 Å². The van der Waals surface area contributed by atoms with Gasteiger partial charge in [-0.3, -0.25) is 14.5 Å². The van der Waals surface area contributed by atoms with Crippen LogP contribution in [0.2, 0.25) is 0 Å². The van der Waals surface area contributed by atoms with Gasteiger partial charge in [0, 0.05) is 7.05 Å². The number of benzene rings is 1. The van der Waals surface area contributed by atoms with Gasteiger partial charge in [-0.1, -0.05) is 24.3 Å². The fraction of sp³-hybridized carbons (Fsp3) is 0.286. The van der Waals surface area contributed by atoms with E-state index in [1.165, 1.54) is 18.2 Å². The SMILES string of the molecule is CN1C(=O)N(CC(=O)O)C(=O)C1(C)c1ccc(/C=N/N)cc1.Cl. The number of carboxylic acids is 1. The van der Waals surface area contributed by atoms with Crippen LogP contribution in [-0.4, -0.2) is 52.6 Å². The van der Waals surface area contributed by atoms with Gasteiger partial charge in [0.25, 0.3) is 5.91 Å². The molecule has 1 fully saturated rings. The van der Waals surface area contributed by atoms with E-state index in [4.69, 9.17) is 10.9 Å². The molecule has 0 radical (unpaired) electrons. The largest absolute Gasteiger partial charge is 0.480 e. The van der Waals surface area contributed by atoms with Gasteiger partial charge in [-0.05, 0) is 18.1 Å². The maximum atomic E-state index is 12.5. The molecule has 0 aliphatic carbocycles. The number of hydrogen-bond acceptors (Lipinski definition) is 5. The highest BCUT2D eigenvalue weighted by molar-refractivity contribution is 6.08. The quantitative estimate of drug-likeness (QED) is 0.360. The van der Waals surface area contributed by atoms with Crippen LogP contribution in [0.25, 0.3) is 0 Å². The zero-order chi connectivity index (χ0) is 16.5. The molecule has 1 aromatic rings. The third kappa shape index (κ3) is 2.98. The Morgan fingerprint density at radius 2 is 1.91 bits per heavy atom. The molecule has 23 heavy (non-hydrogen) atoms. The molecule has 3 amide bonds. The molecule has 3 N–H and O–H groups in total. The number of halogens is 1. The van der Waals surface area contributed by atoms with E-state index >= 15 is 0 Å². The average molecular weight is 341 g/mol. The van der Waals surface area contributed by atoms with Gasteiger partial charge >= 0.3 is 12.0 Å². The zero-order valence-corrected chi connectivity index (χ0v) is 13.4. The minimum absolute atomic E-state index is 0. The van der Waals surface area contributed by atoms with E-state index in [0.29, 0.717) is 5.56 Å². The van der Waals surface area contributed by atoms with Crippen LogP contribution >= 0.6 is 12.4 Å². The number of nitrogens with zero attached hydrogens (tertiary/aromatic N) is 3. The lowest BCUT2D eigenvalue weighted by atomic mass is 9.90. The van der Waals surface area contributed by atoms with E-state index in [9.17, 15) is 14.4 Å². The Labute approximate surface area is 139 Å². The summed E-state index contributed by atoms with van der Waals surface area (Å²) in [6.45, 7) is 0.927. The van der Waals surface area contributed by atoms with E-state index in [0.717, 1.165) is 10.5 Å². The maximum absolute atomic E-state index is 12.5. The highest BCUT2D eigenvalue weighted by Crippen LogP contribution is 2.35. The third-order valence-electron chi connectivity index (χ3n) is 3.84. The van der Waals surface area contributed by atoms with Crippen LogP contribution in [0.15, 0.2) is 29.4 Å². The Morgan fingerprint density at radius 1 is 1.35 bits per heavy atom. The predicted molar refractivity (Wildman–Crippen MR) is 85.3 cm³/mol. The minimum atomic E-state index is -1.25. The number of carbonyl (C=O) groups is 3. The number of urea groups is 1. The summed E-state index contributed by atoms with van der Waals surface area (Å²) in [6, 6.07) is 6.15. The van der Waals surface area contributed by atoms with Gasteiger partial charge in [0.05, 0.1) is 6.21 Å². The molecule has 2 rings (SSSR count). The Morgan fingerprint density at radius 3 is 2.39 bits per heavy atom. The molecule has 124 valence electrons. The number of imide groups is 1. The molecule has 1 saturated heterocycles. The molecule has 1 unspecified atom stereocenters. The van der Waals surface area contributed by atoms with Crippen LogP contribution in [0.1, 0.15) is 18.1 Å². The number of rotatable bonds is 4. The van der Waals surface area contributed by atoms with E-state index in [1.54, 1.807) is 31.2 Å². The van der Waals surface area contributed by atoms with Crippen molar-refractivity contribution in [1.82, 2.24) is 9.80 Å². The molecule has 8 nitrogen and oxygen atoms in total. The fourth-order valence-electron chi connectivity index (χ4n) is 2.44. The van der Waals surface area contributed by atoms with Crippen molar-refractivity contribution in [1.29, 1.82) is 0 Å². The van der Waals surface area contributed by atoms with Crippen LogP contribution in [0.3, 0.4) is 0 Å². The van der Waals surface area contributed by atoms with Crippen molar-refractivity contribution in [2.75, 3.05) is 13.6 Å². The zero-order valence-electron chi connectivity index (χ0n) is 12.6. The van der Waals surface area contributed by atoms with Gasteiger partial charge in [-0.25, -0.2) is 4.79 Å². The molecule has 1 aromatic carbocycles. The monoisotopic (exact) mass is 340 g/mol. The molecule has 9 heteroatoms. The van der Waals surface area contributed by atoms with E-state index < -0.39 is 30.0 Å². The second-order valence-corrected chi connectivity index (χ2v) is 5.10. The Bertz CT molecular complexity index is 661. The Hall–Kier alpha value is -2.61. The van der Waals surface area contributed by atoms with Crippen molar-refractivity contribution in [3.8, 4) is 0 Å². The molecule has 1 aliphatic rings. The number of amides is 3. The van der Waals surface area contributed by atoms with Gasteiger partial charge in [0.1, 0.15) is 12.1 Å². The van der Waals surface area contributed by atoms with Crippen molar-refractivity contribution in [2.24, 2.45) is 10.9 Å². The van der Waals surface area contributed by atoms with Crippen LogP contribution in [0.5, 0.6) is 0 Å². The standard InChI is InChI=1S/C14H16N4O4.ClH/c1-14(10-5-3-9(4-6-10)7-16-15)12(21)18(8-11(19)20)13(22)17(14)2;/h3-7H,8,15H2,1-2H3,(H,19,20);1H/b16-7+;. The van der Waals surface area contributed by atoms with Gasteiger partial charge < -0.3 is 15.8 Å². The van der Waals surface area contributed by atoms with Crippen molar-refractivity contribution in [3.05, 3.63) is 35.4 Å². The van der Waals surface area contributed by atoms with E-state index in [-0.39, 0.29) is 12.4 Å². The molecule has 0 bridgehead atoms. The summed E-state index contributed by atoms with van der Waals surface area (Å²) in [7, 11) is 1.47. The first-order valence-corrected chi connectivity index (χ1v) is 6.47. The number of hydrazone groups is 1. The lowest BCUT2D eigenvalue weighted by molar-refractivity contribution is -0.143. The van der Waals surface area contributed by atoms with Gasteiger partial charge in [0.2, 0.25) is 0 Å². The molecular formula is C14H17ClN4O4. The third-order valence-corrected chi connectivity index (χ3v) is 3.84. The highest BCUT2D eigenvalue weighted by Gasteiger charge is 2.53. The first kappa shape index (κ1) is 18.4. The summed E-state index contributed by atoms with van der Waals surface area (Å²) in [4.78, 5) is 37.5. The highest BCUT2D eigenvalue weighted by atomic mass is 35.5. The summed E-state index contributed by atoms with van der Waals surface area (Å²) in [6.07, 6.45) is 1.45. The lowest BCUT2D eigenvalue weighted by Gasteiger charge is -2.29. The summed E-state index contributed by atoms with van der Waals surface area (Å²) in [5.74, 6) is 3.26. The summed E-state index contributed by atoms with van der Waals surface area (Å²) in [5, 5.41) is 12.2. The first-order valence-electron chi connectivity index (χ1n) is 6.47. The summed E-state index contributed by atoms with van der Waals surface area (Å²) >= 11 is 0. The van der Waals surface area contributed by atoms with Gasteiger partial charge in [0.15, 0.2) is 0 Å². The number of aliphatic carboxylic acids is 1. The van der Waals surface area contributed by atoms with Crippen molar-refractivity contribution in [3.63, 3.8) is 0 Å². The average Bonchev–Trinajstić information content (AvgIpc) is 2.64. The number of hydrogen-bond donors (Lipinski definition) is 2. The lowest BCUT2D eigenvalue weighted by Crippen LogP contribution is -2.42. The van der Waals surface area contributed by atoms with E-state index in [1.807, 2.05) is 0 Å². The number of carbonyl (C=O) groups excluding carboxylic acids is 2. The second kappa shape index (κ2) is 6.66. The van der Waals surface area contributed by atoms with Crippen molar-refractivity contribution in [2.45, 2.75) is 12.5 Å². The molecule has 0 aromatic heterocycles. The first-order chi connectivity index (χ1) is 10.3. The van der Waals surface area contributed by atoms with Gasteiger partial charge in [-0.15, -0.1) is 12.4 Å². The topological polar surface area (TPSA) is 116 Å². The van der Waals surface area contributed by atoms with Crippen LogP contribution in [-0.2, 0) is 15.1 Å². The fourth-order valence-corrected chi connectivity index (χ4v) is 2.44. The Balaban J connectivity index is 0.00000264.